The molecule has 1 saturated heterocycles. The zero-order chi connectivity index (χ0) is 21.7. The third kappa shape index (κ3) is 5.02. The molecule has 0 spiro atoms. The predicted octanol–water partition coefficient (Wildman–Crippen LogP) is 3.52. The van der Waals surface area contributed by atoms with E-state index < -0.39 is 23.6 Å². The Morgan fingerprint density at radius 1 is 1.20 bits per heavy atom. The van der Waals surface area contributed by atoms with Crippen LogP contribution < -0.4 is 5.32 Å². The number of carbonyl (C=O) groups is 2. The molecule has 3 rings (SSSR count). The summed E-state index contributed by atoms with van der Waals surface area (Å²) >= 11 is 0. The van der Waals surface area contributed by atoms with Gasteiger partial charge < -0.3 is 15.0 Å². The van der Waals surface area contributed by atoms with Gasteiger partial charge in [0.15, 0.2) is 0 Å². The summed E-state index contributed by atoms with van der Waals surface area (Å²) in [4.78, 5) is 27.4. The highest BCUT2D eigenvalue weighted by molar-refractivity contribution is 5.85. The molecule has 1 N–H and O–H groups in total. The van der Waals surface area contributed by atoms with Crippen molar-refractivity contribution >= 4 is 11.8 Å². The van der Waals surface area contributed by atoms with E-state index in [0.717, 1.165) is 23.3 Å². The second kappa shape index (κ2) is 9.80. The number of hydrogen-bond donors (Lipinski definition) is 1. The van der Waals surface area contributed by atoms with Crippen LogP contribution in [0.3, 0.4) is 0 Å². The number of benzene rings is 2. The lowest BCUT2D eigenvalue weighted by molar-refractivity contribution is -0.144. The van der Waals surface area contributed by atoms with Gasteiger partial charge in [0.1, 0.15) is 11.6 Å². The molecule has 30 heavy (non-hydrogen) atoms. The van der Waals surface area contributed by atoms with Crippen molar-refractivity contribution in [3.05, 3.63) is 70.8 Å². The lowest BCUT2D eigenvalue weighted by Gasteiger charge is -2.40. The van der Waals surface area contributed by atoms with Crippen LogP contribution in [0.15, 0.2) is 42.5 Å². The Morgan fingerprint density at radius 2 is 1.93 bits per heavy atom. The number of methoxy groups -OCH3 is 1. The van der Waals surface area contributed by atoms with Crippen LogP contribution in [0, 0.1) is 24.5 Å². The number of hydrogen-bond acceptors (Lipinski definition) is 3. The fourth-order valence-corrected chi connectivity index (χ4v) is 3.84. The summed E-state index contributed by atoms with van der Waals surface area (Å²) in [7, 11) is 1.57. The first-order valence-electron chi connectivity index (χ1n) is 9.97. The van der Waals surface area contributed by atoms with E-state index in [-0.39, 0.29) is 30.3 Å². The molecule has 0 saturated carbocycles. The van der Waals surface area contributed by atoms with Crippen molar-refractivity contribution in [1.29, 1.82) is 0 Å². The van der Waals surface area contributed by atoms with E-state index in [9.17, 15) is 18.4 Å². The summed E-state index contributed by atoms with van der Waals surface area (Å²) in [6.45, 7) is 2.67. The number of ether oxygens (including phenoxy) is 1. The highest BCUT2D eigenvalue weighted by atomic mass is 19.1. The molecule has 7 heteroatoms. The molecular weight excluding hydrogens is 390 g/mol. The van der Waals surface area contributed by atoms with E-state index in [0.29, 0.717) is 19.6 Å². The summed E-state index contributed by atoms with van der Waals surface area (Å²) in [6, 6.07) is 10.6. The highest BCUT2D eigenvalue weighted by Gasteiger charge is 2.40. The predicted molar refractivity (Wildman–Crippen MR) is 108 cm³/mol. The molecule has 0 bridgehead atoms. The molecule has 1 aliphatic rings. The number of halogens is 2. The van der Waals surface area contributed by atoms with Gasteiger partial charge in [-0.1, -0.05) is 35.9 Å². The average molecular weight is 416 g/mol. The van der Waals surface area contributed by atoms with Crippen molar-refractivity contribution in [2.24, 2.45) is 5.92 Å². The Bertz CT molecular complexity index is 902. The minimum Gasteiger partial charge on any atom is -0.383 e. The second-order valence-corrected chi connectivity index (χ2v) is 7.53. The fraction of sp³-hybridized carbons (Fsp3) is 0.391. The first-order valence-corrected chi connectivity index (χ1v) is 9.97. The van der Waals surface area contributed by atoms with Gasteiger partial charge in [-0.15, -0.1) is 0 Å². The Kier molecular flexibility index (Phi) is 7.15. The average Bonchev–Trinajstić information content (AvgIpc) is 2.72. The summed E-state index contributed by atoms with van der Waals surface area (Å²) in [5, 5.41) is 2.76. The Labute approximate surface area is 175 Å². The Morgan fingerprint density at radius 3 is 2.60 bits per heavy atom. The molecule has 160 valence electrons. The van der Waals surface area contributed by atoms with E-state index in [1.807, 2.05) is 31.2 Å². The molecule has 2 aromatic rings. The largest absolute Gasteiger partial charge is 0.383 e. The van der Waals surface area contributed by atoms with Gasteiger partial charge in [-0.05, 0) is 25.0 Å². The number of aryl methyl sites for hydroxylation is 1. The Hall–Kier alpha value is -2.80. The van der Waals surface area contributed by atoms with Gasteiger partial charge in [0.25, 0.3) is 0 Å². The molecule has 1 fully saturated rings. The van der Waals surface area contributed by atoms with Gasteiger partial charge >= 0.3 is 0 Å². The molecule has 0 radical (unpaired) electrons. The van der Waals surface area contributed by atoms with Gasteiger partial charge in [0.2, 0.25) is 11.8 Å². The summed E-state index contributed by atoms with van der Waals surface area (Å²) in [5.74, 6) is -2.14. The second-order valence-electron chi connectivity index (χ2n) is 7.53. The van der Waals surface area contributed by atoms with Crippen LogP contribution >= 0.6 is 0 Å². The molecular formula is C23H26F2N2O3. The van der Waals surface area contributed by atoms with E-state index >= 15 is 0 Å². The van der Waals surface area contributed by atoms with Crippen molar-refractivity contribution in [2.75, 3.05) is 20.3 Å². The lowest BCUT2D eigenvalue weighted by Crippen LogP contribution is -2.49. The maximum absolute atomic E-state index is 13.9. The van der Waals surface area contributed by atoms with Crippen LogP contribution in [0.5, 0.6) is 0 Å². The number of likely N-dealkylation sites (tertiary alicyclic amines) is 1. The third-order valence-corrected chi connectivity index (χ3v) is 5.47. The van der Waals surface area contributed by atoms with Crippen molar-refractivity contribution < 1.29 is 23.1 Å². The van der Waals surface area contributed by atoms with Crippen LogP contribution in [-0.2, 0) is 20.9 Å². The Balaban J connectivity index is 1.82. The first kappa shape index (κ1) is 21.9. The standard InChI is InChI=1S/C23H26F2N2O3/c1-15-3-5-16(6-4-15)22-19(9-10-21(28)27(22)11-12-30-2)23(29)26-14-17-7-8-18(24)13-20(17)25/h3-8,13,19,22H,9-12,14H2,1-2H3,(H,26,29). The highest BCUT2D eigenvalue weighted by Crippen LogP contribution is 2.37. The van der Waals surface area contributed by atoms with Gasteiger partial charge in [0.05, 0.1) is 18.6 Å². The number of nitrogens with one attached hydrogen (secondary N) is 1. The van der Waals surface area contributed by atoms with Crippen LogP contribution in [-0.4, -0.2) is 37.0 Å². The van der Waals surface area contributed by atoms with Crippen molar-refractivity contribution in [1.82, 2.24) is 10.2 Å². The zero-order valence-electron chi connectivity index (χ0n) is 17.2. The normalized spacial score (nSPS) is 19.1. The van der Waals surface area contributed by atoms with Gasteiger partial charge in [0, 0.05) is 38.2 Å². The minimum atomic E-state index is -0.703. The molecule has 2 unspecified atom stereocenters. The first-order chi connectivity index (χ1) is 14.4. The molecule has 5 nitrogen and oxygen atoms in total. The monoisotopic (exact) mass is 416 g/mol. The molecule has 1 aliphatic heterocycles. The summed E-state index contributed by atoms with van der Waals surface area (Å²) < 4.78 is 32.2. The molecule has 2 amide bonds. The van der Waals surface area contributed by atoms with Crippen molar-refractivity contribution in [3.8, 4) is 0 Å². The lowest BCUT2D eigenvalue weighted by atomic mass is 9.83. The van der Waals surface area contributed by atoms with E-state index in [4.69, 9.17) is 4.74 Å². The van der Waals surface area contributed by atoms with E-state index in [1.54, 1.807) is 12.0 Å². The van der Waals surface area contributed by atoms with Crippen LogP contribution in [0.1, 0.15) is 35.6 Å². The van der Waals surface area contributed by atoms with Gasteiger partial charge in [-0.2, -0.15) is 0 Å². The number of piperidine rings is 1. The van der Waals surface area contributed by atoms with E-state index in [1.165, 1.54) is 6.07 Å². The zero-order valence-corrected chi connectivity index (χ0v) is 17.2. The summed E-state index contributed by atoms with van der Waals surface area (Å²) in [6.07, 6.45) is 0.660. The smallest absolute Gasteiger partial charge is 0.225 e. The quantitative estimate of drug-likeness (QED) is 0.752. The van der Waals surface area contributed by atoms with Crippen LogP contribution in [0.25, 0.3) is 0 Å². The fourth-order valence-electron chi connectivity index (χ4n) is 3.84. The van der Waals surface area contributed by atoms with Crippen LogP contribution in [0.2, 0.25) is 0 Å². The molecule has 2 aromatic carbocycles. The SMILES string of the molecule is COCCN1C(=O)CCC(C(=O)NCc2ccc(F)cc2F)C1c1ccc(C)cc1. The third-order valence-electron chi connectivity index (χ3n) is 5.47. The topological polar surface area (TPSA) is 58.6 Å². The van der Waals surface area contributed by atoms with Crippen LogP contribution in [0.4, 0.5) is 8.78 Å². The van der Waals surface area contributed by atoms with Crippen molar-refractivity contribution in [2.45, 2.75) is 32.4 Å². The number of carbonyl (C=O) groups excluding carboxylic acids is 2. The van der Waals surface area contributed by atoms with E-state index in [2.05, 4.69) is 5.32 Å². The number of rotatable bonds is 7. The molecule has 0 aromatic heterocycles. The minimum absolute atomic E-state index is 0.0220. The van der Waals surface area contributed by atoms with Gasteiger partial charge in [-0.3, -0.25) is 9.59 Å². The number of nitrogens with zero attached hydrogens (tertiary/aromatic N) is 1. The molecule has 2 atom stereocenters. The molecule has 1 heterocycles. The van der Waals surface area contributed by atoms with Gasteiger partial charge in [-0.25, -0.2) is 8.78 Å². The maximum atomic E-state index is 13.9. The maximum Gasteiger partial charge on any atom is 0.225 e. The number of amides is 2. The van der Waals surface area contributed by atoms with Crippen molar-refractivity contribution in [3.63, 3.8) is 0 Å². The molecule has 0 aliphatic carbocycles. The summed E-state index contributed by atoms with van der Waals surface area (Å²) in [5.41, 5.74) is 2.16.